The minimum atomic E-state index is -0.874. The zero-order chi connectivity index (χ0) is 20.8. The van der Waals surface area contributed by atoms with E-state index >= 15 is 0 Å². The summed E-state index contributed by atoms with van der Waals surface area (Å²) in [7, 11) is 0. The number of hydrogen-bond acceptors (Lipinski definition) is 5. The summed E-state index contributed by atoms with van der Waals surface area (Å²) in [4.78, 5) is 25.5. The Morgan fingerprint density at radius 3 is 2.83 bits per heavy atom. The molecule has 2 N–H and O–H groups in total. The monoisotopic (exact) mass is 403 g/mol. The molecule has 7 nitrogen and oxygen atoms in total. The van der Waals surface area contributed by atoms with Crippen LogP contribution in [0, 0.1) is 5.92 Å². The van der Waals surface area contributed by atoms with Crippen molar-refractivity contribution in [3.8, 4) is 11.5 Å². The molecule has 3 aliphatic rings. The van der Waals surface area contributed by atoms with Gasteiger partial charge in [-0.1, -0.05) is 12.1 Å². The molecule has 0 spiro atoms. The summed E-state index contributed by atoms with van der Waals surface area (Å²) in [5.41, 5.74) is 0.328. The summed E-state index contributed by atoms with van der Waals surface area (Å²) in [5, 5.41) is 19.1. The van der Waals surface area contributed by atoms with E-state index in [4.69, 9.17) is 14.6 Å². The largest absolute Gasteiger partial charge is 0.504 e. The fourth-order valence-electron chi connectivity index (χ4n) is 5.13. The number of nitrogens with zero attached hydrogens (tertiary/aromatic N) is 1. The molecule has 0 radical (unpaired) electrons. The quantitative estimate of drug-likeness (QED) is 0.801. The number of likely N-dealkylation sites (tertiary alicyclic amines) is 1. The second-order valence-corrected chi connectivity index (χ2v) is 8.88. The average molecular weight is 403 g/mol. The third kappa shape index (κ3) is 3.68. The molecule has 29 heavy (non-hydrogen) atoms. The molecule has 3 heterocycles. The van der Waals surface area contributed by atoms with E-state index in [1.54, 1.807) is 6.07 Å². The average Bonchev–Trinajstić information content (AvgIpc) is 2.67. The van der Waals surface area contributed by atoms with Gasteiger partial charge >= 0.3 is 5.97 Å². The Kier molecular flexibility index (Phi) is 5.19. The van der Waals surface area contributed by atoms with Crippen molar-refractivity contribution in [3.05, 3.63) is 23.8 Å². The minimum Gasteiger partial charge on any atom is -0.504 e. The minimum absolute atomic E-state index is 0.00979. The van der Waals surface area contributed by atoms with Crippen molar-refractivity contribution < 1.29 is 29.3 Å². The first-order valence-corrected chi connectivity index (χ1v) is 10.5. The van der Waals surface area contributed by atoms with Crippen LogP contribution in [0.1, 0.15) is 64.0 Å². The van der Waals surface area contributed by atoms with E-state index in [9.17, 15) is 14.7 Å². The van der Waals surface area contributed by atoms with Crippen molar-refractivity contribution in [2.75, 3.05) is 6.54 Å². The molecule has 1 aromatic carbocycles. The Balaban J connectivity index is 1.56. The van der Waals surface area contributed by atoms with E-state index in [2.05, 4.69) is 0 Å². The number of ether oxygens (including phenoxy) is 2. The number of phenolic OH excluding ortho intramolecular Hbond substituents is 1. The number of amides is 1. The zero-order valence-electron chi connectivity index (χ0n) is 17.0. The fourth-order valence-corrected chi connectivity index (χ4v) is 5.13. The first-order valence-electron chi connectivity index (χ1n) is 10.5. The SMILES string of the molecule is CC1(C)Oc2c(O)cccc2[C@@H]2O[C@@H]3CCCN(C(=O)CCCC(=O)O)[C@@H]3C[C@H]21. The van der Waals surface area contributed by atoms with E-state index in [1.165, 1.54) is 0 Å². The summed E-state index contributed by atoms with van der Waals surface area (Å²) in [6.45, 7) is 4.70. The maximum Gasteiger partial charge on any atom is 0.303 e. The van der Waals surface area contributed by atoms with Crippen LogP contribution in [0.4, 0.5) is 0 Å². The number of para-hydroxylation sites is 1. The van der Waals surface area contributed by atoms with Crippen molar-refractivity contribution in [1.29, 1.82) is 0 Å². The number of phenols is 1. The van der Waals surface area contributed by atoms with Gasteiger partial charge in [-0.2, -0.15) is 0 Å². The van der Waals surface area contributed by atoms with Gasteiger partial charge in [0.15, 0.2) is 11.5 Å². The standard InChI is InChI=1S/C22H29NO6/c1-22(2)14-12-15-17(8-5-11-23(15)18(25)9-4-10-19(26)27)28-20(14)13-6-3-7-16(24)21(13)29-22/h3,6-7,14-15,17,20,24H,4-5,8-12H2,1-2H3,(H,26,27)/t14-,15-,17-,20+/m1/s1. The molecule has 4 atom stereocenters. The molecule has 3 aliphatic heterocycles. The Morgan fingerprint density at radius 2 is 2.07 bits per heavy atom. The second kappa shape index (κ2) is 7.52. The van der Waals surface area contributed by atoms with Crippen molar-refractivity contribution in [2.45, 2.75) is 76.2 Å². The van der Waals surface area contributed by atoms with Gasteiger partial charge in [-0.25, -0.2) is 0 Å². The maximum absolute atomic E-state index is 12.8. The lowest BCUT2D eigenvalue weighted by molar-refractivity contribution is -0.193. The number of aliphatic carboxylic acids is 1. The van der Waals surface area contributed by atoms with E-state index in [1.807, 2.05) is 30.9 Å². The van der Waals surface area contributed by atoms with E-state index in [0.29, 0.717) is 18.7 Å². The van der Waals surface area contributed by atoms with Crippen molar-refractivity contribution in [1.82, 2.24) is 4.90 Å². The first kappa shape index (κ1) is 20.0. The highest BCUT2D eigenvalue weighted by Gasteiger charge is 2.53. The highest BCUT2D eigenvalue weighted by molar-refractivity contribution is 5.77. The molecule has 1 aromatic rings. The van der Waals surface area contributed by atoms with Crippen LogP contribution in [-0.4, -0.2) is 51.3 Å². The van der Waals surface area contributed by atoms with Gasteiger partial charge in [0.1, 0.15) is 5.60 Å². The zero-order valence-corrected chi connectivity index (χ0v) is 17.0. The number of carbonyl (C=O) groups excluding carboxylic acids is 1. The Hall–Kier alpha value is -2.28. The lowest BCUT2D eigenvalue weighted by atomic mass is 9.72. The van der Waals surface area contributed by atoms with Gasteiger partial charge in [-0.3, -0.25) is 9.59 Å². The molecule has 0 aliphatic carbocycles. The Bertz CT molecular complexity index is 806. The summed E-state index contributed by atoms with van der Waals surface area (Å²) in [5.74, 6) is -0.199. The highest BCUT2D eigenvalue weighted by atomic mass is 16.5. The van der Waals surface area contributed by atoms with Crippen molar-refractivity contribution >= 4 is 11.9 Å². The molecule has 1 amide bonds. The van der Waals surface area contributed by atoms with Crippen LogP contribution in [0.15, 0.2) is 18.2 Å². The smallest absolute Gasteiger partial charge is 0.303 e. The van der Waals surface area contributed by atoms with Gasteiger partial charge in [-0.05, 0) is 45.6 Å². The topological polar surface area (TPSA) is 96.3 Å². The van der Waals surface area contributed by atoms with Gasteiger partial charge in [0.2, 0.25) is 5.91 Å². The molecule has 158 valence electrons. The van der Waals surface area contributed by atoms with E-state index in [-0.39, 0.29) is 48.7 Å². The second-order valence-electron chi connectivity index (χ2n) is 8.88. The number of aromatic hydroxyl groups is 1. The molecular formula is C22H29NO6. The summed E-state index contributed by atoms with van der Waals surface area (Å²) in [6, 6.07) is 5.35. The van der Waals surface area contributed by atoms with Crippen LogP contribution in [0.5, 0.6) is 11.5 Å². The molecule has 0 bridgehead atoms. The molecule has 7 heteroatoms. The lowest BCUT2D eigenvalue weighted by Crippen LogP contribution is -2.60. The molecular weight excluding hydrogens is 374 g/mol. The van der Waals surface area contributed by atoms with Gasteiger partial charge in [0, 0.05) is 30.9 Å². The summed E-state index contributed by atoms with van der Waals surface area (Å²) >= 11 is 0. The third-order valence-electron chi connectivity index (χ3n) is 6.59. The van der Waals surface area contributed by atoms with E-state index in [0.717, 1.165) is 24.8 Å². The van der Waals surface area contributed by atoms with Crippen molar-refractivity contribution in [2.24, 2.45) is 5.92 Å². The molecule has 2 fully saturated rings. The predicted octanol–water partition coefficient (Wildman–Crippen LogP) is 3.26. The number of rotatable bonds is 4. The van der Waals surface area contributed by atoms with E-state index < -0.39 is 11.6 Å². The number of benzene rings is 1. The fraction of sp³-hybridized carbons (Fsp3) is 0.636. The van der Waals surface area contributed by atoms with Crippen LogP contribution in [0.2, 0.25) is 0 Å². The number of carboxylic acid groups (broad SMARTS) is 1. The van der Waals surface area contributed by atoms with Gasteiger partial charge in [0.05, 0.1) is 18.2 Å². The number of fused-ring (bicyclic) bond motifs is 4. The highest BCUT2D eigenvalue weighted by Crippen LogP contribution is 2.54. The normalized spacial score (nSPS) is 29.8. The number of carbonyl (C=O) groups is 2. The maximum atomic E-state index is 12.8. The van der Waals surface area contributed by atoms with Crippen molar-refractivity contribution in [3.63, 3.8) is 0 Å². The van der Waals surface area contributed by atoms with Crippen LogP contribution in [0.25, 0.3) is 0 Å². The number of hydrogen-bond donors (Lipinski definition) is 2. The lowest BCUT2D eigenvalue weighted by Gasteiger charge is -2.54. The Labute approximate surface area is 170 Å². The molecule has 0 unspecified atom stereocenters. The molecule has 2 saturated heterocycles. The Morgan fingerprint density at radius 1 is 1.28 bits per heavy atom. The van der Waals surface area contributed by atoms with Crippen LogP contribution in [0.3, 0.4) is 0 Å². The predicted molar refractivity (Wildman–Crippen MR) is 105 cm³/mol. The van der Waals surface area contributed by atoms with Gasteiger partial charge in [-0.15, -0.1) is 0 Å². The molecule has 0 saturated carbocycles. The number of piperidine rings is 1. The van der Waals surface area contributed by atoms with Gasteiger partial charge in [0.25, 0.3) is 0 Å². The van der Waals surface area contributed by atoms with Gasteiger partial charge < -0.3 is 24.6 Å². The first-order chi connectivity index (χ1) is 13.8. The number of carboxylic acids is 1. The summed E-state index contributed by atoms with van der Waals surface area (Å²) < 4.78 is 12.7. The molecule has 4 rings (SSSR count). The van der Waals surface area contributed by atoms with Crippen LogP contribution < -0.4 is 4.74 Å². The molecule has 0 aromatic heterocycles. The van der Waals surface area contributed by atoms with Crippen LogP contribution >= 0.6 is 0 Å². The third-order valence-corrected chi connectivity index (χ3v) is 6.59. The summed E-state index contributed by atoms with van der Waals surface area (Å²) in [6.07, 6.45) is 2.91. The van der Waals surface area contributed by atoms with Crippen LogP contribution in [-0.2, 0) is 14.3 Å².